The maximum Gasteiger partial charge on any atom is 0.243 e. The van der Waals surface area contributed by atoms with E-state index < -0.39 is 35.5 Å². The number of rotatable bonds is 14. The first-order valence-corrected chi connectivity index (χ1v) is 14.9. The second-order valence-electron chi connectivity index (χ2n) is 11.7. The second-order valence-corrected chi connectivity index (χ2v) is 11.7. The van der Waals surface area contributed by atoms with E-state index in [1.165, 1.54) is 0 Å². The van der Waals surface area contributed by atoms with Crippen LogP contribution in [0.5, 0.6) is 5.75 Å². The van der Waals surface area contributed by atoms with E-state index in [0.717, 1.165) is 30.4 Å². The van der Waals surface area contributed by atoms with Crippen LogP contribution in [0.3, 0.4) is 0 Å². The van der Waals surface area contributed by atoms with E-state index >= 15 is 0 Å². The number of morpholine rings is 1. The Morgan fingerprint density at radius 3 is 2.38 bits per heavy atom. The Bertz CT molecular complexity index is 1190. The molecule has 0 saturated carbocycles. The Morgan fingerprint density at radius 2 is 1.76 bits per heavy atom. The Balaban J connectivity index is 1.46. The molecule has 1 aromatic rings. The van der Waals surface area contributed by atoms with Crippen LogP contribution in [0.1, 0.15) is 57.6 Å². The number of allylic oxidation sites excluding steroid dienone is 1. The Kier molecular flexibility index (Phi) is 10.7. The number of carbonyl (C=O) groups is 4. The molecule has 0 bridgehead atoms. The number of aryl methyl sites for hydroxylation is 1. The summed E-state index contributed by atoms with van der Waals surface area (Å²) in [5.74, 6) is -1.42. The van der Waals surface area contributed by atoms with Crippen molar-refractivity contribution in [2.45, 2.75) is 83.0 Å². The topological polar surface area (TPSA) is 150 Å². The quantitative estimate of drug-likeness (QED) is 0.188. The Hall–Kier alpha value is -3.28. The summed E-state index contributed by atoms with van der Waals surface area (Å²) in [6, 6.07) is 2.44. The molecule has 0 unspecified atom stereocenters. The molecule has 11 heteroatoms. The van der Waals surface area contributed by atoms with Crippen molar-refractivity contribution >= 4 is 23.5 Å². The molecule has 2 saturated heterocycles. The van der Waals surface area contributed by atoms with Crippen LogP contribution in [0, 0.1) is 0 Å². The summed E-state index contributed by atoms with van der Waals surface area (Å²) in [4.78, 5) is 54.8. The number of epoxide rings is 1. The molecular formula is C31H44N4O7. The van der Waals surface area contributed by atoms with E-state index in [1.54, 1.807) is 26.0 Å². The van der Waals surface area contributed by atoms with Gasteiger partial charge in [0.15, 0.2) is 5.78 Å². The molecule has 2 heterocycles. The van der Waals surface area contributed by atoms with Crippen molar-refractivity contribution in [2.24, 2.45) is 0 Å². The lowest BCUT2D eigenvalue weighted by molar-refractivity contribution is -0.134. The van der Waals surface area contributed by atoms with Gasteiger partial charge in [-0.15, -0.1) is 0 Å². The lowest BCUT2D eigenvalue weighted by atomic mass is 9.93. The Morgan fingerprint density at radius 1 is 1.05 bits per heavy atom. The van der Waals surface area contributed by atoms with Crippen LogP contribution in [0.2, 0.25) is 0 Å². The highest BCUT2D eigenvalue weighted by molar-refractivity contribution is 5.98. The number of phenolic OH excluding ortho intramolecular Hbond substituents is 1. The van der Waals surface area contributed by atoms with Crippen molar-refractivity contribution in [3.8, 4) is 5.75 Å². The predicted octanol–water partition coefficient (Wildman–Crippen LogP) is 1.16. The van der Waals surface area contributed by atoms with Gasteiger partial charge in [-0.3, -0.25) is 24.1 Å². The first kappa shape index (κ1) is 31.7. The minimum absolute atomic E-state index is 0.0843. The summed E-state index contributed by atoms with van der Waals surface area (Å²) in [6.07, 6.45) is 6.08. The molecule has 4 N–H and O–H groups in total. The van der Waals surface area contributed by atoms with Crippen LogP contribution in [-0.4, -0.2) is 96.7 Å². The smallest absolute Gasteiger partial charge is 0.243 e. The largest absolute Gasteiger partial charge is 0.508 e. The third-order valence-electron chi connectivity index (χ3n) is 8.18. The molecule has 1 aliphatic carbocycles. The predicted molar refractivity (Wildman–Crippen MR) is 156 cm³/mol. The molecule has 3 aliphatic rings. The molecular weight excluding hydrogens is 540 g/mol. The van der Waals surface area contributed by atoms with Gasteiger partial charge in [0.2, 0.25) is 17.7 Å². The number of nitrogens with zero attached hydrogens (tertiary/aromatic N) is 1. The van der Waals surface area contributed by atoms with Crippen molar-refractivity contribution in [1.29, 1.82) is 0 Å². The summed E-state index contributed by atoms with van der Waals surface area (Å²) >= 11 is 0. The van der Waals surface area contributed by atoms with Crippen molar-refractivity contribution in [1.82, 2.24) is 20.9 Å². The third-order valence-corrected chi connectivity index (χ3v) is 8.18. The number of hydrogen-bond donors (Lipinski definition) is 4. The van der Waals surface area contributed by atoms with E-state index in [9.17, 15) is 24.3 Å². The van der Waals surface area contributed by atoms with Gasteiger partial charge in [0, 0.05) is 19.5 Å². The molecule has 0 radical (unpaired) electrons. The van der Waals surface area contributed by atoms with Gasteiger partial charge in [0.05, 0.1) is 32.4 Å². The van der Waals surface area contributed by atoms with Gasteiger partial charge in [-0.2, -0.15) is 0 Å². The van der Waals surface area contributed by atoms with Crippen molar-refractivity contribution in [3.05, 3.63) is 41.0 Å². The molecule has 2 fully saturated rings. The average molecular weight is 585 g/mol. The van der Waals surface area contributed by atoms with E-state index in [0.29, 0.717) is 51.3 Å². The number of ketones is 1. The lowest BCUT2D eigenvalue weighted by Gasteiger charge is -2.27. The number of ether oxygens (including phenoxy) is 2. The van der Waals surface area contributed by atoms with E-state index in [4.69, 9.17) is 9.47 Å². The van der Waals surface area contributed by atoms with E-state index in [-0.39, 0.29) is 30.4 Å². The second kappa shape index (κ2) is 14.3. The van der Waals surface area contributed by atoms with Gasteiger partial charge < -0.3 is 30.5 Å². The number of Topliss-reactive ketones (excluding diaryl/α,β-unsaturated/α-hetero) is 1. The van der Waals surface area contributed by atoms with Crippen LogP contribution in [-0.2, 0) is 41.5 Å². The molecule has 4 atom stereocenters. The van der Waals surface area contributed by atoms with Crippen LogP contribution in [0.15, 0.2) is 29.8 Å². The molecule has 42 heavy (non-hydrogen) atoms. The number of phenols is 1. The molecule has 4 rings (SSSR count). The maximum atomic E-state index is 13.7. The number of amides is 3. The third kappa shape index (κ3) is 8.62. The van der Waals surface area contributed by atoms with Crippen LogP contribution < -0.4 is 16.0 Å². The number of hydrogen-bond acceptors (Lipinski definition) is 8. The van der Waals surface area contributed by atoms with Gasteiger partial charge in [-0.25, -0.2) is 0 Å². The molecule has 2 aliphatic heterocycles. The van der Waals surface area contributed by atoms with Gasteiger partial charge >= 0.3 is 0 Å². The zero-order valence-corrected chi connectivity index (χ0v) is 24.9. The zero-order valence-electron chi connectivity index (χ0n) is 24.9. The molecule has 0 aromatic heterocycles. The standard InChI is InChI=1S/C31H44N4O7/c1-4-23-10-9-22(17-26(23)36)16-25(34-29(39)20(2)32-27(37)18-35-11-13-41-14-12-35)30(40)33-24(15-21-7-5-6-8-21)28(38)31(3)19-42-31/h7,9-10,17,20,24-25,36H,4-6,8,11-16,18-19H2,1-3H3,(H,32,37)(H,33,40)(H,34,39)/t20-,24-,25-,31+/m0/s1. The van der Waals surface area contributed by atoms with Crippen molar-refractivity contribution < 1.29 is 33.8 Å². The summed E-state index contributed by atoms with van der Waals surface area (Å²) in [5, 5.41) is 18.8. The van der Waals surface area contributed by atoms with Gasteiger partial charge in [-0.05, 0) is 63.1 Å². The Labute approximate surface area is 247 Å². The van der Waals surface area contributed by atoms with Crippen LogP contribution in [0.25, 0.3) is 0 Å². The van der Waals surface area contributed by atoms with Gasteiger partial charge in [0.1, 0.15) is 23.4 Å². The highest BCUT2D eigenvalue weighted by Gasteiger charge is 2.50. The fourth-order valence-electron chi connectivity index (χ4n) is 5.38. The average Bonchev–Trinajstić information content (AvgIpc) is 3.50. The maximum absolute atomic E-state index is 13.7. The monoisotopic (exact) mass is 584 g/mol. The highest BCUT2D eigenvalue weighted by Crippen LogP contribution is 2.31. The normalized spacial score (nSPS) is 22.4. The summed E-state index contributed by atoms with van der Waals surface area (Å²) in [6.45, 7) is 8.06. The number of benzene rings is 1. The first-order chi connectivity index (χ1) is 20.1. The SMILES string of the molecule is CCc1ccc(C[C@H](NC(=O)[C@H](C)NC(=O)CN2CCOCC2)C(=O)N[C@@H](CC2=CCCC2)C(=O)[C@@]2(C)CO2)cc1O. The molecule has 1 aromatic carbocycles. The minimum Gasteiger partial charge on any atom is -0.508 e. The molecule has 230 valence electrons. The molecule has 11 nitrogen and oxygen atoms in total. The van der Waals surface area contributed by atoms with Crippen molar-refractivity contribution in [3.63, 3.8) is 0 Å². The zero-order chi connectivity index (χ0) is 30.3. The van der Waals surface area contributed by atoms with Crippen LogP contribution in [0.4, 0.5) is 0 Å². The number of nitrogens with one attached hydrogen (secondary N) is 3. The lowest BCUT2D eigenvalue weighted by Crippen LogP contribution is -2.57. The fraction of sp³-hybridized carbons (Fsp3) is 0.613. The van der Waals surface area contributed by atoms with Crippen LogP contribution >= 0.6 is 0 Å². The molecule has 3 amide bonds. The van der Waals surface area contributed by atoms with E-state index in [2.05, 4.69) is 22.0 Å². The fourth-order valence-corrected chi connectivity index (χ4v) is 5.38. The summed E-state index contributed by atoms with van der Waals surface area (Å²) < 4.78 is 10.7. The van der Waals surface area contributed by atoms with E-state index in [1.807, 2.05) is 17.9 Å². The number of carbonyl (C=O) groups excluding carboxylic acids is 4. The molecule has 0 spiro atoms. The van der Waals surface area contributed by atoms with Gasteiger partial charge in [-0.1, -0.05) is 30.7 Å². The number of aromatic hydroxyl groups is 1. The first-order valence-electron chi connectivity index (χ1n) is 14.9. The summed E-state index contributed by atoms with van der Waals surface area (Å²) in [5.41, 5.74) is 1.62. The highest BCUT2D eigenvalue weighted by atomic mass is 16.6. The van der Waals surface area contributed by atoms with Gasteiger partial charge in [0.25, 0.3) is 0 Å². The minimum atomic E-state index is -1.05. The summed E-state index contributed by atoms with van der Waals surface area (Å²) in [7, 11) is 0. The van der Waals surface area contributed by atoms with Crippen molar-refractivity contribution in [2.75, 3.05) is 39.5 Å².